The zero-order valence-electron chi connectivity index (χ0n) is 9.89. The average molecular weight is 417 g/mol. The smallest absolute Gasteiger partial charge is 0.190 e. The first kappa shape index (κ1) is 16.7. The molecule has 0 N–H and O–H groups in total. The van der Waals surface area contributed by atoms with E-state index in [1.54, 1.807) is 11.8 Å². The van der Waals surface area contributed by atoms with Gasteiger partial charge in [0, 0.05) is 12.6 Å². The summed E-state index contributed by atoms with van der Waals surface area (Å²) >= 11 is 3.84. The van der Waals surface area contributed by atoms with E-state index in [-0.39, 0.29) is 27.0 Å². The summed E-state index contributed by atoms with van der Waals surface area (Å²) in [6.07, 6.45) is 3.57. The van der Waals surface area contributed by atoms with Gasteiger partial charge in [0.25, 0.3) is 0 Å². The summed E-state index contributed by atoms with van der Waals surface area (Å²) < 4.78 is 6.61. The highest BCUT2D eigenvalue weighted by Crippen LogP contribution is 2.32. The number of hydrogen-bond acceptors (Lipinski definition) is 5. The van der Waals surface area contributed by atoms with Gasteiger partial charge < -0.3 is 9.64 Å². The van der Waals surface area contributed by atoms with Crippen LogP contribution in [0.1, 0.15) is 6.42 Å². The number of halogens is 1. The molecule has 2 unspecified atom stereocenters. The van der Waals surface area contributed by atoms with Crippen molar-refractivity contribution in [2.75, 3.05) is 24.3 Å². The molecule has 0 radical (unpaired) electrons. The van der Waals surface area contributed by atoms with Gasteiger partial charge in [-0.1, -0.05) is 11.8 Å². The molecule has 1 aromatic heterocycles. The zero-order chi connectivity index (χ0) is 11.1. The van der Waals surface area contributed by atoms with Gasteiger partial charge in [-0.25, -0.2) is 9.97 Å². The third-order valence-corrected chi connectivity index (χ3v) is 4.14. The van der Waals surface area contributed by atoms with Crippen LogP contribution < -0.4 is 4.90 Å². The summed E-state index contributed by atoms with van der Waals surface area (Å²) in [7, 11) is 0. The van der Waals surface area contributed by atoms with E-state index in [0.717, 1.165) is 34.2 Å². The minimum atomic E-state index is 0. The van der Waals surface area contributed by atoms with E-state index < -0.39 is 0 Å². The molecule has 2 fully saturated rings. The second-order valence-electron chi connectivity index (χ2n) is 4.03. The van der Waals surface area contributed by atoms with Crippen LogP contribution >= 0.6 is 61.3 Å². The van der Waals surface area contributed by atoms with Crippen molar-refractivity contribution in [3.8, 4) is 0 Å². The fourth-order valence-corrected chi connectivity index (χ4v) is 3.35. The lowest BCUT2D eigenvalue weighted by atomic mass is 10.2. The Balaban J connectivity index is 0.000000810. The molecule has 1 aromatic rings. The molecule has 3 rings (SSSR count). The van der Waals surface area contributed by atoms with Crippen LogP contribution in [0.4, 0.5) is 5.82 Å². The van der Waals surface area contributed by atoms with Crippen LogP contribution in [0.2, 0.25) is 0 Å². The van der Waals surface area contributed by atoms with E-state index >= 15 is 0 Å². The number of ether oxygens (including phenoxy) is 1. The fourth-order valence-electron chi connectivity index (χ4n) is 2.30. The van der Waals surface area contributed by atoms with Crippen molar-refractivity contribution < 1.29 is 4.74 Å². The second-order valence-corrected chi connectivity index (χ2v) is 5.91. The van der Waals surface area contributed by atoms with Gasteiger partial charge in [-0.3, -0.25) is 0 Å². The number of rotatable bonds is 2. The first-order valence-electron chi connectivity index (χ1n) is 5.23. The lowest BCUT2D eigenvalue weighted by Crippen LogP contribution is -2.37. The summed E-state index contributed by atoms with van der Waals surface area (Å²) in [5.74, 6) is 1.06. The molecule has 0 saturated carbocycles. The highest BCUT2D eigenvalue weighted by molar-refractivity contribution is 14.1. The Morgan fingerprint density at radius 3 is 2.78 bits per heavy atom. The van der Waals surface area contributed by atoms with Crippen LogP contribution in [-0.2, 0) is 4.74 Å². The van der Waals surface area contributed by atoms with Gasteiger partial charge in [0.1, 0.15) is 9.52 Å². The molecular weight excluding hydrogens is 401 g/mol. The van der Waals surface area contributed by atoms with Crippen LogP contribution in [0, 0.1) is 3.70 Å². The Kier molecular flexibility index (Phi) is 6.36. The van der Waals surface area contributed by atoms with Crippen molar-refractivity contribution in [3.05, 3.63) is 9.77 Å². The highest BCUT2D eigenvalue weighted by Gasteiger charge is 2.39. The number of aromatic nitrogens is 2. The Labute approximate surface area is 139 Å². The van der Waals surface area contributed by atoms with Gasteiger partial charge in [0.05, 0.1) is 18.8 Å². The Bertz CT molecular complexity index is 423. The number of fused-ring (bicyclic) bond motifs is 2. The number of nitrogens with zero attached hydrogens (tertiary/aromatic N) is 3. The minimum absolute atomic E-state index is 0. The number of hydrogen-bond donors (Lipinski definition) is 0. The molecule has 8 heteroatoms. The lowest BCUT2D eigenvalue weighted by Gasteiger charge is -2.28. The van der Waals surface area contributed by atoms with Crippen molar-refractivity contribution >= 4 is 67.2 Å². The van der Waals surface area contributed by atoms with Crippen LogP contribution in [0.15, 0.2) is 11.2 Å². The first-order chi connectivity index (χ1) is 7.76. The largest absolute Gasteiger partial charge is 0.374 e. The predicted molar refractivity (Wildman–Crippen MR) is 92.8 cm³/mol. The van der Waals surface area contributed by atoms with E-state index in [0.29, 0.717) is 12.1 Å². The number of anilines is 1. The summed E-state index contributed by atoms with van der Waals surface area (Å²) in [6, 6.07) is 2.58. The summed E-state index contributed by atoms with van der Waals surface area (Å²) in [6.45, 7) is 1.82. The molecule has 3 heterocycles. The molecule has 0 aliphatic carbocycles. The van der Waals surface area contributed by atoms with E-state index in [2.05, 4.69) is 43.5 Å². The topological polar surface area (TPSA) is 38.2 Å². The van der Waals surface area contributed by atoms with Crippen LogP contribution in [0.25, 0.3) is 0 Å². The molecule has 0 aromatic carbocycles. The Morgan fingerprint density at radius 1 is 1.44 bits per heavy atom. The molecule has 2 atom stereocenters. The summed E-state index contributed by atoms with van der Waals surface area (Å²) in [4.78, 5) is 11.3. The molecule has 102 valence electrons. The fraction of sp³-hybridized carbons (Fsp3) is 0.600. The van der Waals surface area contributed by atoms with E-state index in [9.17, 15) is 0 Å². The SMILES string of the molecule is CSc1nc(I)cc(N2CC3CC2CO3)n1.S.S. The van der Waals surface area contributed by atoms with Crippen molar-refractivity contribution in [2.24, 2.45) is 0 Å². The maximum absolute atomic E-state index is 5.60. The van der Waals surface area contributed by atoms with Gasteiger partial charge in [-0.15, -0.1) is 0 Å². The van der Waals surface area contributed by atoms with E-state index in [1.165, 1.54) is 0 Å². The van der Waals surface area contributed by atoms with Crippen molar-refractivity contribution in [3.63, 3.8) is 0 Å². The quantitative estimate of drug-likeness (QED) is 0.319. The number of thioether (sulfide) groups is 1. The molecule has 2 saturated heterocycles. The van der Waals surface area contributed by atoms with Crippen LogP contribution in [-0.4, -0.2) is 41.5 Å². The van der Waals surface area contributed by atoms with Gasteiger partial charge in [0.15, 0.2) is 5.16 Å². The van der Waals surface area contributed by atoms with Crippen molar-refractivity contribution in [1.82, 2.24) is 9.97 Å². The third kappa shape index (κ3) is 3.20. The van der Waals surface area contributed by atoms with E-state index in [1.807, 2.05) is 6.26 Å². The average Bonchev–Trinajstić information content (AvgIpc) is 2.89. The predicted octanol–water partition coefficient (Wildman–Crippen LogP) is 2.01. The minimum Gasteiger partial charge on any atom is -0.374 e. The van der Waals surface area contributed by atoms with E-state index in [4.69, 9.17) is 4.74 Å². The molecule has 2 bridgehead atoms. The molecule has 0 amide bonds. The first-order valence-corrected chi connectivity index (χ1v) is 7.53. The van der Waals surface area contributed by atoms with Crippen molar-refractivity contribution in [2.45, 2.75) is 23.7 Å². The molecule has 0 spiro atoms. The molecule has 2 aliphatic rings. The summed E-state index contributed by atoms with van der Waals surface area (Å²) in [5, 5.41) is 0.852. The zero-order valence-corrected chi connectivity index (χ0v) is 14.9. The second kappa shape index (κ2) is 6.87. The third-order valence-electron chi connectivity index (χ3n) is 3.04. The molecular formula is C10H16IN3OS3. The standard InChI is InChI=1S/C10H12IN3OS.2H2S/c1-16-10-12-8(11)3-9(13-10)14-4-7-2-6(14)5-15-7;;/h3,6-7H,2,4-5H2,1H3;2*1H2. The monoisotopic (exact) mass is 417 g/mol. The Morgan fingerprint density at radius 2 is 2.22 bits per heavy atom. The van der Waals surface area contributed by atoms with Crippen LogP contribution in [0.5, 0.6) is 0 Å². The van der Waals surface area contributed by atoms with Crippen molar-refractivity contribution in [1.29, 1.82) is 0 Å². The van der Waals surface area contributed by atoms with Crippen LogP contribution in [0.3, 0.4) is 0 Å². The lowest BCUT2D eigenvalue weighted by molar-refractivity contribution is 0.0988. The number of morpholine rings is 1. The maximum atomic E-state index is 5.60. The van der Waals surface area contributed by atoms with Gasteiger partial charge in [-0.2, -0.15) is 27.0 Å². The highest BCUT2D eigenvalue weighted by atomic mass is 127. The Hall–Kier alpha value is 0.620. The van der Waals surface area contributed by atoms with Gasteiger partial charge in [-0.05, 0) is 35.3 Å². The maximum Gasteiger partial charge on any atom is 0.190 e. The molecule has 2 aliphatic heterocycles. The molecule has 18 heavy (non-hydrogen) atoms. The summed E-state index contributed by atoms with van der Waals surface area (Å²) in [5.41, 5.74) is 0. The normalized spacial score (nSPS) is 24.7. The van der Waals surface area contributed by atoms with Gasteiger partial charge >= 0.3 is 0 Å². The molecule has 4 nitrogen and oxygen atoms in total. The van der Waals surface area contributed by atoms with Gasteiger partial charge in [0.2, 0.25) is 0 Å².